The number of carbonyl (C=O) groups is 1. The maximum absolute atomic E-state index is 9.51. The topological polar surface area (TPSA) is 56.3 Å². The Bertz CT molecular complexity index is 48.2. The molecule has 0 heterocycles. The predicted molar refractivity (Wildman–Crippen MR) is 22.7 cm³/mol. The van der Waals surface area contributed by atoms with Crippen molar-refractivity contribution in [1.82, 2.24) is 0 Å². The fraction of sp³-hybridized carbons (Fsp3) is 0.500. The molecule has 0 saturated carbocycles. The second-order valence-corrected chi connectivity index (χ2v) is 0.765. The summed E-state index contributed by atoms with van der Waals surface area (Å²) in [6.07, 6.45) is 0. The van der Waals surface area contributed by atoms with Gasteiger partial charge < -0.3 is 9.66 Å². The molecule has 0 aliphatic rings. The van der Waals surface area contributed by atoms with E-state index in [0.717, 1.165) is 0 Å². The van der Waals surface area contributed by atoms with Gasteiger partial charge in [-0.2, -0.15) is 0 Å². The van der Waals surface area contributed by atoms with E-state index in [2.05, 4.69) is 17.1 Å². The minimum Gasteiger partial charge on any atom is -0.870 e. The molecule has 0 bridgehead atoms. The summed E-state index contributed by atoms with van der Waals surface area (Å²) in [4.78, 5) is 9.51. The van der Waals surface area contributed by atoms with Gasteiger partial charge in [0.05, 0.1) is 0 Å². The van der Waals surface area contributed by atoms with Crippen molar-refractivity contribution in [3.05, 3.63) is 0 Å². The van der Waals surface area contributed by atoms with Crippen molar-refractivity contribution in [3.63, 3.8) is 0 Å². The number of hydrogen-bond acceptors (Lipinski definition) is 4. The van der Waals surface area contributed by atoms with Crippen LogP contribution in [-0.4, -0.2) is 11.4 Å². The van der Waals surface area contributed by atoms with Crippen molar-refractivity contribution in [3.8, 4) is 0 Å². The summed E-state index contributed by atoms with van der Waals surface area (Å²) < 4.78 is 3.81. The molecule has 0 saturated heterocycles. The van der Waals surface area contributed by atoms with Gasteiger partial charge in [0.2, 0.25) is 0 Å². The number of hydrogen-bond donors (Lipinski definition) is 1. The van der Waals surface area contributed by atoms with Crippen LogP contribution in [0.3, 0.4) is 0 Å². The van der Waals surface area contributed by atoms with E-state index in [1.165, 1.54) is 6.92 Å². The van der Waals surface area contributed by atoms with Gasteiger partial charge in [0.1, 0.15) is 0 Å². The van der Waals surface area contributed by atoms with Crippen LogP contribution < -0.4 is 51.4 Å². The fourth-order valence-corrected chi connectivity index (χ4v) is 0. The zero-order valence-electron chi connectivity index (χ0n) is 4.21. The van der Waals surface area contributed by atoms with Gasteiger partial charge in [0.15, 0.2) is 0 Å². The van der Waals surface area contributed by atoms with E-state index in [1.54, 1.807) is 0 Å². The molecule has 7 heavy (non-hydrogen) atoms. The first-order chi connectivity index (χ1) is 2.27. The van der Waals surface area contributed by atoms with Crippen LogP contribution >= 0.6 is 12.9 Å². The summed E-state index contributed by atoms with van der Waals surface area (Å²) in [6.45, 7) is 1.28. The largest absolute Gasteiger partial charge is 1.00 e. The quantitative estimate of drug-likeness (QED) is 0.230. The van der Waals surface area contributed by atoms with Crippen LogP contribution in [0.1, 0.15) is 6.92 Å². The third kappa shape index (κ3) is 18.6. The van der Waals surface area contributed by atoms with E-state index < -0.39 is 0 Å². The van der Waals surface area contributed by atoms with Crippen LogP contribution in [0, 0.1) is 0 Å². The van der Waals surface area contributed by atoms with Crippen LogP contribution in [0.25, 0.3) is 0 Å². The molecule has 1 N–H and O–H groups in total. The zero-order valence-corrected chi connectivity index (χ0v) is 8.23. The van der Waals surface area contributed by atoms with Gasteiger partial charge in [-0.25, -0.2) is 0 Å². The predicted octanol–water partition coefficient (Wildman–Crippen LogP) is -2.78. The minimum atomic E-state index is -0.381. The van der Waals surface area contributed by atoms with Crippen LogP contribution in [0.4, 0.5) is 0 Å². The minimum absolute atomic E-state index is 0. The summed E-state index contributed by atoms with van der Waals surface area (Å²) in [5, 5.41) is 0. The van der Waals surface area contributed by atoms with E-state index in [0.29, 0.717) is 0 Å². The standard InChI is InChI=1S/C2H4O2S.K.H2O/c1-2(3)4-5;;/h5H,1H3;;1H2/q;+1;/p-1. The second kappa shape index (κ2) is 10.4. The van der Waals surface area contributed by atoms with Gasteiger partial charge in [-0.3, -0.25) is 4.79 Å². The maximum Gasteiger partial charge on any atom is 1.00 e. The van der Waals surface area contributed by atoms with Crippen LogP contribution in [0.5, 0.6) is 0 Å². The Morgan fingerprint density at radius 2 is 1.86 bits per heavy atom. The molecular formula is C2H5KO3S. The molecule has 0 amide bonds. The molecule has 38 valence electrons. The third-order valence-electron chi connectivity index (χ3n) is 0.129. The summed E-state index contributed by atoms with van der Waals surface area (Å²) in [5.41, 5.74) is 0. The summed E-state index contributed by atoms with van der Waals surface area (Å²) in [5.74, 6) is -0.381. The molecule has 5 heteroatoms. The molecule has 3 nitrogen and oxygen atoms in total. The molecule has 0 aromatic rings. The Morgan fingerprint density at radius 1 is 1.71 bits per heavy atom. The van der Waals surface area contributed by atoms with E-state index in [-0.39, 0.29) is 62.8 Å². The van der Waals surface area contributed by atoms with Crippen molar-refractivity contribution in [2.45, 2.75) is 6.92 Å². The van der Waals surface area contributed by atoms with Gasteiger partial charge in [0, 0.05) is 19.8 Å². The van der Waals surface area contributed by atoms with E-state index in [1.807, 2.05) is 0 Å². The summed E-state index contributed by atoms with van der Waals surface area (Å²) in [7, 11) is 0. The number of carbonyl (C=O) groups excluding carboxylic acids is 1. The van der Waals surface area contributed by atoms with Crippen LogP contribution in [0.15, 0.2) is 0 Å². The molecule has 0 atom stereocenters. The van der Waals surface area contributed by atoms with Gasteiger partial charge in [0.25, 0.3) is 0 Å². The Balaban J connectivity index is -0.0000000800. The molecule has 0 fully saturated rings. The fourth-order valence-electron chi connectivity index (χ4n) is 0. The van der Waals surface area contributed by atoms with Crippen molar-refractivity contribution >= 4 is 18.9 Å². The number of thiol groups is 1. The molecule has 0 aliphatic carbocycles. The van der Waals surface area contributed by atoms with E-state index in [4.69, 9.17) is 0 Å². The SMILES string of the molecule is CC(=O)OS.[K+].[OH-]. The average Bonchev–Trinajstić information content (AvgIpc) is 1.38. The molecule has 0 aliphatic heterocycles. The second-order valence-electron chi connectivity index (χ2n) is 0.583. The zero-order chi connectivity index (χ0) is 4.28. The molecule has 0 rings (SSSR count). The van der Waals surface area contributed by atoms with Crippen molar-refractivity contribution in [2.75, 3.05) is 0 Å². The van der Waals surface area contributed by atoms with Crippen molar-refractivity contribution in [1.29, 1.82) is 0 Å². The Hall–Kier alpha value is 1.42. The Kier molecular flexibility index (Phi) is 23.5. The van der Waals surface area contributed by atoms with E-state index >= 15 is 0 Å². The van der Waals surface area contributed by atoms with Gasteiger partial charge >= 0.3 is 57.4 Å². The Labute approximate surface area is 90.1 Å². The summed E-state index contributed by atoms with van der Waals surface area (Å²) >= 11 is 3.17. The third-order valence-corrected chi connectivity index (χ3v) is 0.386. The Morgan fingerprint density at radius 3 is 1.86 bits per heavy atom. The van der Waals surface area contributed by atoms with E-state index in [9.17, 15) is 4.79 Å². The van der Waals surface area contributed by atoms with Gasteiger partial charge in [-0.1, -0.05) is 0 Å². The normalized spacial score (nSPS) is 4.86. The van der Waals surface area contributed by atoms with Gasteiger partial charge in [-0.15, -0.1) is 0 Å². The van der Waals surface area contributed by atoms with Crippen molar-refractivity contribution in [2.24, 2.45) is 0 Å². The average molecular weight is 148 g/mol. The summed E-state index contributed by atoms with van der Waals surface area (Å²) in [6, 6.07) is 0. The number of rotatable bonds is 0. The first-order valence-corrected chi connectivity index (χ1v) is 1.46. The van der Waals surface area contributed by atoms with Crippen LogP contribution in [0.2, 0.25) is 0 Å². The molecule has 0 spiro atoms. The monoisotopic (exact) mass is 148 g/mol. The molecule has 0 unspecified atom stereocenters. The maximum atomic E-state index is 9.51. The molecule has 0 aromatic carbocycles. The first kappa shape index (κ1) is 15.8. The molecule has 0 radical (unpaired) electrons. The molecule has 0 aromatic heterocycles. The first-order valence-electron chi connectivity index (χ1n) is 1.09. The van der Waals surface area contributed by atoms with Crippen molar-refractivity contribution < 1.29 is 65.8 Å². The van der Waals surface area contributed by atoms with Crippen LogP contribution in [-0.2, 0) is 8.98 Å². The smallest absolute Gasteiger partial charge is 0.870 e. The molecular weight excluding hydrogens is 143 g/mol. The van der Waals surface area contributed by atoms with Gasteiger partial charge in [-0.05, 0) is 0 Å².